The lowest BCUT2D eigenvalue weighted by Crippen LogP contribution is -1.98. The smallest absolute Gasteiger partial charge is 0.120 e. The molecule has 0 spiro atoms. The third kappa shape index (κ3) is 4.80. The van der Waals surface area contributed by atoms with Crippen molar-refractivity contribution >= 4 is 23.4 Å². The molecule has 4 heteroatoms. The zero-order chi connectivity index (χ0) is 14.2. The highest BCUT2D eigenvalue weighted by Crippen LogP contribution is 2.21. The summed E-state index contributed by atoms with van der Waals surface area (Å²) in [5, 5.41) is 9.56. The molecule has 0 saturated carbocycles. The highest BCUT2D eigenvalue weighted by Gasteiger charge is 1.97. The molecule has 20 heavy (non-hydrogen) atoms. The first-order chi connectivity index (χ1) is 9.78. The molecule has 0 heterocycles. The van der Waals surface area contributed by atoms with Crippen LogP contribution in [0.25, 0.3) is 0 Å². The van der Waals surface area contributed by atoms with Gasteiger partial charge in [-0.1, -0.05) is 17.7 Å². The van der Waals surface area contributed by atoms with Gasteiger partial charge < -0.3 is 4.74 Å². The van der Waals surface area contributed by atoms with Crippen LogP contribution in [-0.2, 0) is 0 Å². The van der Waals surface area contributed by atoms with E-state index in [0.717, 1.165) is 22.9 Å². The molecule has 0 radical (unpaired) electrons. The maximum atomic E-state index is 8.80. The number of rotatable bonds is 6. The average molecular weight is 304 g/mol. The topological polar surface area (TPSA) is 33.0 Å². The van der Waals surface area contributed by atoms with E-state index in [2.05, 4.69) is 6.07 Å². The van der Waals surface area contributed by atoms with Crippen molar-refractivity contribution in [2.24, 2.45) is 0 Å². The molecule has 0 N–H and O–H groups in total. The van der Waals surface area contributed by atoms with E-state index >= 15 is 0 Å². The van der Waals surface area contributed by atoms with Gasteiger partial charge in [0.2, 0.25) is 0 Å². The second kappa shape index (κ2) is 7.84. The lowest BCUT2D eigenvalue weighted by Gasteiger charge is -2.06. The van der Waals surface area contributed by atoms with Crippen molar-refractivity contribution in [1.29, 1.82) is 5.26 Å². The van der Waals surface area contributed by atoms with Crippen molar-refractivity contribution in [1.82, 2.24) is 0 Å². The molecule has 2 nitrogen and oxygen atoms in total. The molecule has 2 aromatic rings. The normalized spacial score (nSPS) is 10.0. The summed E-state index contributed by atoms with van der Waals surface area (Å²) in [6.07, 6.45) is 0.948. The zero-order valence-corrected chi connectivity index (χ0v) is 12.5. The molecule has 0 atom stereocenters. The number of halogens is 1. The first-order valence-corrected chi connectivity index (χ1v) is 7.65. The Balaban J connectivity index is 1.69. The molecule has 0 aliphatic carbocycles. The van der Waals surface area contributed by atoms with Crippen LogP contribution in [0.2, 0.25) is 5.02 Å². The summed E-state index contributed by atoms with van der Waals surface area (Å²) in [4.78, 5) is 1.21. The molecular weight excluding hydrogens is 290 g/mol. The van der Waals surface area contributed by atoms with E-state index in [1.807, 2.05) is 36.4 Å². The minimum absolute atomic E-state index is 0.623. The highest BCUT2D eigenvalue weighted by atomic mass is 35.5. The second-order valence-corrected chi connectivity index (χ2v) is 5.75. The van der Waals surface area contributed by atoms with Crippen LogP contribution in [0.15, 0.2) is 53.4 Å². The predicted molar refractivity (Wildman–Crippen MR) is 83.4 cm³/mol. The first kappa shape index (κ1) is 14.8. The summed E-state index contributed by atoms with van der Waals surface area (Å²) in [5.74, 6) is 1.74. The van der Waals surface area contributed by atoms with Crippen molar-refractivity contribution < 1.29 is 4.74 Å². The van der Waals surface area contributed by atoms with Crippen molar-refractivity contribution in [2.45, 2.75) is 11.3 Å². The van der Waals surface area contributed by atoms with Gasteiger partial charge in [-0.05, 0) is 48.9 Å². The van der Waals surface area contributed by atoms with Crippen LogP contribution in [0.5, 0.6) is 5.75 Å². The highest BCUT2D eigenvalue weighted by molar-refractivity contribution is 7.99. The van der Waals surface area contributed by atoms with Crippen LogP contribution in [0.3, 0.4) is 0 Å². The van der Waals surface area contributed by atoms with Crippen LogP contribution < -0.4 is 4.74 Å². The molecule has 0 amide bonds. The van der Waals surface area contributed by atoms with E-state index in [4.69, 9.17) is 21.6 Å². The molecule has 0 bridgehead atoms. The largest absolute Gasteiger partial charge is 0.494 e. The van der Waals surface area contributed by atoms with Crippen LogP contribution in [-0.4, -0.2) is 12.4 Å². The molecule has 0 aromatic heterocycles. The third-order valence-electron chi connectivity index (χ3n) is 2.60. The summed E-state index contributed by atoms with van der Waals surface area (Å²) < 4.78 is 5.62. The zero-order valence-electron chi connectivity index (χ0n) is 10.9. The number of hydrogen-bond donors (Lipinski definition) is 0. The Labute approximate surface area is 128 Å². The van der Waals surface area contributed by atoms with Gasteiger partial charge in [-0.25, -0.2) is 0 Å². The van der Waals surface area contributed by atoms with Gasteiger partial charge in [-0.15, -0.1) is 11.8 Å². The van der Waals surface area contributed by atoms with Gasteiger partial charge in [0.25, 0.3) is 0 Å². The Morgan fingerprint density at radius 3 is 2.70 bits per heavy atom. The minimum Gasteiger partial charge on any atom is -0.494 e. The van der Waals surface area contributed by atoms with Crippen molar-refractivity contribution in [3.8, 4) is 11.8 Å². The number of ether oxygens (including phenoxy) is 1. The minimum atomic E-state index is 0.623. The fourth-order valence-corrected chi connectivity index (χ4v) is 2.58. The standard InChI is InChI=1S/C16H14ClNOS/c17-14-5-7-16(8-6-14)20-10-2-9-19-15-4-1-3-13(11-15)12-18/h1,3-8,11H,2,9-10H2. The maximum Gasteiger partial charge on any atom is 0.120 e. The summed E-state index contributed by atoms with van der Waals surface area (Å²) in [6.45, 7) is 0.648. The van der Waals surface area contributed by atoms with E-state index in [9.17, 15) is 0 Å². The summed E-state index contributed by atoms with van der Waals surface area (Å²) >= 11 is 7.62. The number of benzene rings is 2. The molecule has 0 aliphatic rings. The SMILES string of the molecule is N#Cc1cccc(OCCCSc2ccc(Cl)cc2)c1. The van der Waals surface area contributed by atoms with Crippen LogP contribution in [0.1, 0.15) is 12.0 Å². The molecule has 2 rings (SSSR count). The monoisotopic (exact) mass is 303 g/mol. The van der Waals surface area contributed by atoms with Gasteiger partial charge in [0.15, 0.2) is 0 Å². The second-order valence-electron chi connectivity index (χ2n) is 4.14. The van der Waals surface area contributed by atoms with E-state index in [1.54, 1.807) is 23.9 Å². The van der Waals surface area contributed by atoms with E-state index in [-0.39, 0.29) is 0 Å². The van der Waals surface area contributed by atoms with Crippen LogP contribution in [0, 0.1) is 11.3 Å². The Kier molecular flexibility index (Phi) is 5.79. The summed E-state index contributed by atoms with van der Waals surface area (Å²) in [7, 11) is 0. The van der Waals surface area contributed by atoms with Crippen molar-refractivity contribution in [2.75, 3.05) is 12.4 Å². The van der Waals surface area contributed by atoms with Gasteiger partial charge in [0, 0.05) is 15.7 Å². The predicted octanol–water partition coefficient (Wildman–Crippen LogP) is 4.77. The van der Waals surface area contributed by atoms with Gasteiger partial charge in [0.05, 0.1) is 18.2 Å². The van der Waals surface area contributed by atoms with E-state index < -0.39 is 0 Å². The third-order valence-corrected chi connectivity index (χ3v) is 3.95. The Morgan fingerprint density at radius 2 is 1.95 bits per heavy atom. The Morgan fingerprint density at radius 1 is 1.15 bits per heavy atom. The molecule has 0 aliphatic heterocycles. The average Bonchev–Trinajstić information content (AvgIpc) is 2.49. The van der Waals surface area contributed by atoms with Gasteiger partial charge in [-0.2, -0.15) is 5.26 Å². The fraction of sp³-hybridized carbons (Fsp3) is 0.188. The molecule has 2 aromatic carbocycles. The summed E-state index contributed by atoms with van der Waals surface area (Å²) in [5.41, 5.74) is 0.623. The van der Waals surface area contributed by atoms with Crippen LogP contribution >= 0.6 is 23.4 Å². The molecule has 0 saturated heterocycles. The Bertz CT molecular complexity index is 592. The number of hydrogen-bond acceptors (Lipinski definition) is 3. The van der Waals surface area contributed by atoms with E-state index in [0.29, 0.717) is 12.2 Å². The van der Waals surface area contributed by atoms with Crippen molar-refractivity contribution in [3.05, 3.63) is 59.1 Å². The van der Waals surface area contributed by atoms with Crippen molar-refractivity contribution in [3.63, 3.8) is 0 Å². The molecule has 0 unspecified atom stereocenters. The van der Waals surface area contributed by atoms with Gasteiger partial charge >= 0.3 is 0 Å². The number of nitriles is 1. The van der Waals surface area contributed by atoms with Gasteiger partial charge in [0.1, 0.15) is 5.75 Å². The summed E-state index contributed by atoms with van der Waals surface area (Å²) in [6, 6.07) is 17.2. The maximum absolute atomic E-state index is 8.80. The molecule has 0 fully saturated rings. The number of nitrogens with zero attached hydrogens (tertiary/aromatic N) is 1. The molecule has 102 valence electrons. The van der Waals surface area contributed by atoms with Crippen LogP contribution in [0.4, 0.5) is 0 Å². The van der Waals surface area contributed by atoms with E-state index in [1.165, 1.54) is 4.90 Å². The van der Waals surface area contributed by atoms with Gasteiger partial charge in [-0.3, -0.25) is 0 Å². The lowest BCUT2D eigenvalue weighted by molar-refractivity contribution is 0.318. The fourth-order valence-electron chi connectivity index (χ4n) is 1.63. The Hall–Kier alpha value is -1.63. The lowest BCUT2D eigenvalue weighted by atomic mass is 10.2. The quantitative estimate of drug-likeness (QED) is 0.569. The number of thioether (sulfide) groups is 1. The molecular formula is C16H14ClNOS. The first-order valence-electron chi connectivity index (χ1n) is 6.29.